The van der Waals surface area contributed by atoms with Gasteiger partial charge in [-0.1, -0.05) is 33.8 Å². The molecule has 0 unspecified atom stereocenters. The molecule has 0 spiro atoms. The van der Waals surface area contributed by atoms with Gasteiger partial charge in [0.05, 0.1) is 4.92 Å². The number of nitro groups is 1. The molecular formula is C13H21N3O4S. The number of sulfonamides is 1. The minimum Gasteiger partial charge on any atom is -0.393 e. The van der Waals surface area contributed by atoms with Crippen molar-refractivity contribution in [2.45, 2.75) is 32.6 Å². The van der Waals surface area contributed by atoms with Gasteiger partial charge < -0.3 is 5.73 Å². The number of hydrogen-bond acceptors (Lipinski definition) is 5. The smallest absolute Gasteiger partial charge is 0.312 e. The molecule has 3 N–H and O–H groups in total. The number of anilines is 1. The van der Waals surface area contributed by atoms with Crippen molar-refractivity contribution in [1.29, 1.82) is 0 Å². The van der Waals surface area contributed by atoms with Crippen molar-refractivity contribution in [3.05, 3.63) is 28.3 Å². The van der Waals surface area contributed by atoms with E-state index < -0.39 is 25.5 Å². The summed E-state index contributed by atoms with van der Waals surface area (Å²) in [6, 6.07) is 3.86. The summed E-state index contributed by atoms with van der Waals surface area (Å²) < 4.78 is 27.0. The van der Waals surface area contributed by atoms with Gasteiger partial charge in [-0.15, -0.1) is 0 Å². The van der Waals surface area contributed by atoms with Gasteiger partial charge >= 0.3 is 5.69 Å². The van der Waals surface area contributed by atoms with Crippen LogP contribution in [0.25, 0.3) is 0 Å². The van der Waals surface area contributed by atoms with E-state index in [0.717, 1.165) is 0 Å². The number of nitrogens with zero attached hydrogens (tertiary/aromatic N) is 1. The average molecular weight is 315 g/mol. The van der Waals surface area contributed by atoms with Crippen molar-refractivity contribution in [1.82, 2.24) is 4.72 Å². The van der Waals surface area contributed by atoms with Crippen LogP contribution < -0.4 is 10.5 Å². The Labute approximate surface area is 124 Å². The van der Waals surface area contributed by atoms with Gasteiger partial charge in [0.1, 0.15) is 5.69 Å². The van der Waals surface area contributed by atoms with Crippen LogP contribution in [0.5, 0.6) is 0 Å². The Hall–Kier alpha value is -1.67. The molecule has 0 aliphatic carbocycles. The number of nitrogens with two attached hydrogens (primary N) is 1. The Kier molecular flexibility index (Phi) is 4.95. The summed E-state index contributed by atoms with van der Waals surface area (Å²) >= 11 is 0. The second-order valence-electron chi connectivity index (χ2n) is 5.92. The molecule has 8 heteroatoms. The van der Waals surface area contributed by atoms with Gasteiger partial charge in [0.2, 0.25) is 10.0 Å². The van der Waals surface area contributed by atoms with Gasteiger partial charge in [-0.05, 0) is 23.5 Å². The van der Waals surface area contributed by atoms with E-state index in [1.54, 1.807) is 0 Å². The van der Waals surface area contributed by atoms with E-state index in [2.05, 4.69) is 4.72 Å². The lowest BCUT2D eigenvalue weighted by atomic mass is 9.81. The molecule has 0 aliphatic rings. The summed E-state index contributed by atoms with van der Waals surface area (Å²) in [5, 5.41) is 11.0. The molecule has 7 nitrogen and oxygen atoms in total. The molecule has 0 atom stereocenters. The van der Waals surface area contributed by atoms with Gasteiger partial charge in [-0.2, -0.15) is 0 Å². The largest absolute Gasteiger partial charge is 0.393 e. The maximum atomic E-state index is 12.3. The number of hydrogen-bond donors (Lipinski definition) is 2. The molecular weight excluding hydrogens is 294 g/mol. The van der Waals surface area contributed by atoms with E-state index in [1.165, 1.54) is 18.2 Å². The number of para-hydroxylation sites is 1. The fraction of sp³-hybridized carbons (Fsp3) is 0.538. The highest BCUT2D eigenvalue weighted by Gasteiger charge is 2.30. The molecule has 0 fully saturated rings. The van der Waals surface area contributed by atoms with Gasteiger partial charge in [0.15, 0.2) is 4.90 Å². The Morgan fingerprint density at radius 1 is 1.38 bits per heavy atom. The number of nitrogen functional groups attached to an aromatic ring is 1. The maximum absolute atomic E-state index is 12.3. The first kappa shape index (κ1) is 17.4. The Balaban J connectivity index is 3.16. The van der Waals surface area contributed by atoms with E-state index in [0.29, 0.717) is 0 Å². The van der Waals surface area contributed by atoms with Crippen LogP contribution in [0.1, 0.15) is 27.7 Å². The lowest BCUT2D eigenvalue weighted by molar-refractivity contribution is -0.386. The lowest BCUT2D eigenvalue weighted by Crippen LogP contribution is -2.37. The Bertz CT molecular complexity index is 639. The standard InChI is InChI=1S/C13H21N3O4S/c1-9(2)13(3,4)8-15-21(19,20)11-7-5-6-10(14)12(11)16(17)18/h5-7,9,15H,8,14H2,1-4H3. The summed E-state index contributed by atoms with van der Waals surface area (Å²) in [5.74, 6) is 0.246. The average Bonchev–Trinajstić information content (AvgIpc) is 2.35. The van der Waals surface area contributed by atoms with Crippen LogP contribution in [0, 0.1) is 21.4 Å². The molecule has 0 bridgehead atoms. The van der Waals surface area contributed by atoms with Crippen molar-refractivity contribution >= 4 is 21.4 Å². The van der Waals surface area contributed by atoms with Crippen molar-refractivity contribution in [2.24, 2.45) is 11.3 Å². The van der Waals surface area contributed by atoms with E-state index in [1.807, 2.05) is 27.7 Å². The number of nitro benzene ring substituents is 1. The van der Waals surface area contributed by atoms with Gasteiger partial charge in [0.25, 0.3) is 0 Å². The summed E-state index contributed by atoms with van der Waals surface area (Å²) in [6.07, 6.45) is 0. The third-order valence-corrected chi connectivity index (χ3v) is 5.22. The van der Waals surface area contributed by atoms with E-state index in [9.17, 15) is 18.5 Å². The molecule has 0 radical (unpaired) electrons. The second-order valence-corrected chi connectivity index (χ2v) is 7.65. The zero-order valence-electron chi connectivity index (χ0n) is 12.6. The first-order valence-corrected chi connectivity index (χ1v) is 8.00. The summed E-state index contributed by atoms with van der Waals surface area (Å²) in [6.45, 7) is 8.00. The van der Waals surface area contributed by atoms with E-state index in [4.69, 9.17) is 5.73 Å². The molecule has 0 saturated heterocycles. The maximum Gasteiger partial charge on any atom is 0.312 e. The number of benzene rings is 1. The minimum atomic E-state index is -4.00. The minimum absolute atomic E-state index is 0.175. The van der Waals surface area contributed by atoms with E-state index >= 15 is 0 Å². The van der Waals surface area contributed by atoms with Crippen molar-refractivity contribution in [3.8, 4) is 0 Å². The van der Waals surface area contributed by atoms with Gasteiger partial charge in [-0.25, -0.2) is 13.1 Å². The Morgan fingerprint density at radius 3 is 2.43 bits per heavy atom. The first-order chi connectivity index (χ1) is 9.49. The number of rotatable bonds is 6. The summed E-state index contributed by atoms with van der Waals surface area (Å²) in [4.78, 5) is 9.84. The third kappa shape index (κ3) is 3.92. The zero-order valence-corrected chi connectivity index (χ0v) is 13.4. The third-order valence-electron chi connectivity index (χ3n) is 3.78. The predicted molar refractivity (Wildman–Crippen MR) is 81.3 cm³/mol. The molecule has 0 amide bonds. The topological polar surface area (TPSA) is 115 Å². The molecule has 0 aliphatic heterocycles. The van der Waals surface area contributed by atoms with Gasteiger partial charge in [0, 0.05) is 6.54 Å². The monoisotopic (exact) mass is 315 g/mol. The van der Waals surface area contributed by atoms with Crippen molar-refractivity contribution in [3.63, 3.8) is 0 Å². The molecule has 0 saturated carbocycles. The van der Waals surface area contributed by atoms with Crippen LogP contribution in [0.4, 0.5) is 11.4 Å². The van der Waals surface area contributed by atoms with Crippen molar-refractivity contribution < 1.29 is 13.3 Å². The summed E-state index contributed by atoms with van der Waals surface area (Å²) in [7, 11) is -4.00. The predicted octanol–water partition coefficient (Wildman–Crippen LogP) is 2.14. The van der Waals surface area contributed by atoms with Crippen LogP contribution in [-0.2, 0) is 10.0 Å². The second kappa shape index (κ2) is 5.98. The molecule has 118 valence electrons. The molecule has 0 aromatic heterocycles. The molecule has 1 rings (SSSR count). The quantitative estimate of drug-likeness (QED) is 0.474. The zero-order chi connectivity index (χ0) is 16.4. The molecule has 0 heterocycles. The van der Waals surface area contributed by atoms with Gasteiger partial charge in [-0.3, -0.25) is 10.1 Å². The number of nitrogens with one attached hydrogen (secondary N) is 1. The summed E-state index contributed by atoms with van der Waals surface area (Å²) in [5.41, 5.74) is 4.47. The fourth-order valence-corrected chi connectivity index (χ4v) is 2.94. The Morgan fingerprint density at radius 2 is 1.95 bits per heavy atom. The highest BCUT2D eigenvalue weighted by molar-refractivity contribution is 7.89. The molecule has 1 aromatic rings. The van der Waals surface area contributed by atoms with Crippen LogP contribution in [0.3, 0.4) is 0 Å². The van der Waals surface area contributed by atoms with Crippen LogP contribution in [-0.4, -0.2) is 19.9 Å². The highest BCUT2D eigenvalue weighted by atomic mass is 32.2. The van der Waals surface area contributed by atoms with Crippen LogP contribution in [0.2, 0.25) is 0 Å². The highest BCUT2D eigenvalue weighted by Crippen LogP contribution is 2.30. The normalized spacial score (nSPS) is 12.6. The van der Waals surface area contributed by atoms with Crippen LogP contribution >= 0.6 is 0 Å². The van der Waals surface area contributed by atoms with Crippen molar-refractivity contribution in [2.75, 3.05) is 12.3 Å². The first-order valence-electron chi connectivity index (χ1n) is 6.51. The lowest BCUT2D eigenvalue weighted by Gasteiger charge is -2.29. The molecule has 21 heavy (non-hydrogen) atoms. The SMILES string of the molecule is CC(C)C(C)(C)CNS(=O)(=O)c1cccc(N)c1[N+](=O)[O-]. The fourth-order valence-electron chi connectivity index (χ4n) is 1.51. The molecule has 1 aromatic carbocycles. The van der Waals surface area contributed by atoms with Crippen LogP contribution in [0.15, 0.2) is 23.1 Å². The van der Waals surface area contributed by atoms with E-state index in [-0.39, 0.29) is 23.6 Å².